The highest BCUT2D eigenvalue weighted by Gasteiger charge is 2.11. The van der Waals surface area contributed by atoms with Crippen LogP contribution in [0.15, 0.2) is 27.4 Å². The molecule has 1 amide bonds. The number of hydrogen-bond donors (Lipinski definition) is 2. The lowest BCUT2D eigenvalue weighted by Crippen LogP contribution is -2.23. The molecule has 1 aromatic carbocycles. The van der Waals surface area contributed by atoms with Gasteiger partial charge in [-0.15, -0.1) is 0 Å². The maximum Gasteiger partial charge on any atom is 0.419 e. The van der Waals surface area contributed by atoms with E-state index < -0.39 is 0 Å². The van der Waals surface area contributed by atoms with Crippen molar-refractivity contribution in [3.8, 4) is 0 Å². The Labute approximate surface area is 128 Å². The lowest BCUT2D eigenvalue weighted by atomic mass is 10.2. The number of hydrogen-bond acceptors (Lipinski definition) is 5. The summed E-state index contributed by atoms with van der Waals surface area (Å²) in [5.74, 6) is -0.473. The number of oxazole rings is 1. The number of likely N-dealkylation sites (N-methyl/N-ethyl adjacent to an activating group) is 1. The van der Waals surface area contributed by atoms with Gasteiger partial charge in [0.05, 0.1) is 5.52 Å². The Morgan fingerprint density at radius 1 is 1.41 bits per heavy atom. The van der Waals surface area contributed by atoms with Crippen LogP contribution in [0.1, 0.15) is 12.8 Å². The van der Waals surface area contributed by atoms with Crippen molar-refractivity contribution in [2.75, 3.05) is 32.5 Å². The van der Waals surface area contributed by atoms with Gasteiger partial charge in [0.2, 0.25) is 5.91 Å². The first-order chi connectivity index (χ1) is 10.5. The minimum absolute atomic E-state index is 0.0875. The van der Waals surface area contributed by atoms with Gasteiger partial charge in [0.1, 0.15) is 0 Å². The van der Waals surface area contributed by atoms with Gasteiger partial charge in [0.25, 0.3) is 0 Å². The number of carbonyl (C=O) groups excluding carboxylic acids is 1. The molecule has 0 aliphatic heterocycles. The van der Waals surface area contributed by atoms with Crippen LogP contribution in [0.4, 0.5) is 5.69 Å². The minimum Gasteiger partial charge on any atom is -0.408 e. The van der Waals surface area contributed by atoms with Crippen LogP contribution >= 0.6 is 0 Å². The third-order valence-electron chi connectivity index (χ3n) is 3.33. The van der Waals surface area contributed by atoms with E-state index in [1.54, 1.807) is 22.8 Å². The van der Waals surface area contributed by atoms with E-state index in [-0.39, 0.29) is 11.7 Å². The van der Waals surface area contributed by atoms with Gasteiger partial charge >= 0.3 is 5.76 Å². The molecular weight excluding hydrogens is 284 g/mol. The average molecular weight is 306 g/mol. The Bertz CT molecular complexity index is 702. The molecule has 0 unspecified atom stereocenters. The Hall–Kier alpha value is -2.12. The predicted molar refractivity (Wildman–Crippen MR) is 85.9 cm³/mol. The van der Waals surface area contributed by atoms with Crippen LogP contribution in [0.3, 0.4) is 0 Å². The Kier molecular flexibility index (Phi) is 5.35. The van der Waals surface area contributed by atoms with Crippen LogP contribution in [0.2, 0.25) is 0 Å². The molecule has 1 heterocycles. The molecule has 0 saturated heterocycles. The third-order valence-corrected chi connectivity index (χ3v) is 3.33. The lowest BCUT2D eigenvalue weighted by molar-refractivity contribution is -0.116. The number of nitrogens with two attached hydrogens (primary N) is 1. The zero-order chi connectivity index (χ0) is 16.1. The molecule has 0 spiro atoms. The highest BCUT2D eigenvalue weighted by Crippen LogP contribution is 2.18. The Morgan fingerprint density at radius 3 is 2.86 bits per heavy atom. The highest BCUT2D eigenvalue weighted by molar-refractivity contribution is 5.92. The van der Waals surface area contributed by atoms with Gasteiger partial charge < -0.3 is 20.4 Å². The molecular formula is C15H22N4O3. The van der Waals surface area contributed by atoms with E-state index in [0.717, 1.165) is 6.54 Å². The SMILES string of the molecule is CN(C)CCn1c(=O)oc2ccc(NC(=O)CCCN)cc21. The van der Waals surface area contributed by atoms with Crippen LogP contribution in [0.25, 0.3) is 11.1 Å². The second-order valence-corrected chi connectivity index (χ2v) is 5.45. The number of aromatic nitrogens is 1. The second kappa shape index (κ2) is 7.24. The molecule has 0 radical (unpaired) electrons. The minimum atomic E-state index is -0.386. The number of fused-ring (bicyclic) bond motifs is 1. The molecule has 1 aromatic heterocycles. The maximum atomic E-state index is 11.9. The second-order valence-electron chi connectivity index (χ2n) is 5.45. The number of benzene rings is 1. The van der Waals surface area contributed by atoms with E-state index in [1.807, 2.05) is 19.0 Å². The summed E-state index contributed by atoms with van der Waals surface area (Å²) >= 11 is 0. The largest absolute Gasteiger partial charge is 0.419 e. The Morgan fingerprint density at radius 2 is 2.18 bits per heavy atom. The standard InChI is InChI=1S/C15H22N4O3/c1-18(2)8-9-19-12-10-11(17-14(20)4-3-7-16)5-6-13(12)22-15(19)21/h5-6,10H,3-4,7-9,16H2,1-2H3,(H,17,20). The quantitative estimate of drug-likeness (QED) is 0.790. The molecule has 2 rings (SSSR count). The lowest BCUT2D eigenvalue weighted by Gasteiger charge is -2.10. The zero-order valence-corrected chi connectivity index (χ0v) is 13.0. The average Bonchev–Trinajstić information content (AvgIpc) is 2.78. The molecule has 120 valence electrons. The number of carbonyl (C=O) groups is 1. The molecule has 0 aliphatic rings. The number of anilines is 1. The van der Waals surface area contributed by atoms with Gasteiger partial charge in [-0.1, -0.05) is 0 Å². The normalized spacial score (nSPS) is 11.3. The van der Waals surface area contributed by atoms with Crippen molar-refractivity contribution in [1.82, 2.24) is 9.47 Å². The van der Waals surface area contributed by atoms with Crippen molar-refractivity contribution >= 4 is 22.7 Å². The van der Waals surface area contributed by atoms with E-state index in [9.17, 15) is 9.59 Å². The fraction of sp³-hybridized carbons (Fsp3) is 0.467. The van der Waals surface area contributed by atoms with Gasteiger partial charge in [-0.2, -0.15) is 0 Å². The van der Waals surface area contributed by atoms with E-state index in [0.29, 0.717) is 42.7 Å². The van der Waals surface area contributed by atoms with Gasteiger partial charge in [-0.05, 0) is 45.3 Å². The summed E-state index contributed by atoms with van der Waals surface area (Å²) in [6.45, 7) is 1.74. The van der Waals surface area contributed by atoms with E-state index in [1.165, 1.54) is 0 Å². The van der Waals surface area contributed by atoms with Gasteiger partial charge in [0, 0.05) is 25.2 Å². The summed E-state index contributed by atoms with van der Waals surface area (Å²) in [5.41, 5.74) is 7.24. The molecule has 0 atom stereocenters. The zero-order valence-electron chi connectivity index (χ0n) is 13.0. The van der Waals surface area contributed by atoms with Crippen molar-refractivity contribution in [3.63, 3.8) is 0 Å². The number of nitrogens with zero attached hydrogens (tertiary/aromatic N) is 2. The summed E-state index contributed by atoms with van der Waals surface area (Å²) in [6, 6.07) is 5.18. The van der Waals surface area contributed by atoms with Crippen LogP contribution < -0.4 is 16.8 Å². The summed E-state index contributed by atoms with van der Waals surface area (Å²) in [4.78, 5) is 25.6. The highest BCUT2D eigenvalue weighted by atomic mass is 16.4. The summed E-state index contributed by atoms with van der Waals surface area (Å²) in [7, 11) is 3.88. The van der Waals surface area contributed by atoms with Crippen molar-refractivity contribution in [1.29, 1.82) is 0 Å². The smallest absolute Gasteiger partial charge is 0.408 e. The van der Waals surface area contributed by atoms with Gasteiger partial charge in [-0.25, -0.2) is 4.79 Å². The first kappa shape index (κ1) is 16.3. The van der Waals surface area contributed by atoms with Crippen LogP contribution in [0.5, 0.6) is 0 Å². The number of amides is 1. The predicted octanol–water partition coefficient (Wildman–Crippen LogP) is 0.833. The monoisotopic (exact) mass is 306 g/mol. The molecule has 0 bridgehead atoms. The van der Waals surface area contributed by atoms with Crippen molar-refractivity contribution < 1.29 is 9.21 Å². The molecule has 0 fully saturated rings. The van der Waals surface area contributed by atoms with Crippen LogP contribution in [0, 0.1) is 0 Å². The fourth-order valence-electron chi connectivity index (χ4n) is 2.14. The maximum absolute atomic E-state index is 11.9. The fourth-order valence-corrected chi connectivity index (χ4v) is 2.14. The summed E-state index contributed by atoms with van der Waals surface area (Å²) in [5, 5.41) is 2.81. The topological polar surface area (TPSA) is 93.5 Å². The number of rotatable bonds is 7. The van der Waals surface area contributed by atoms with E-state index >= 15 is 0 Å². The van der Waals surface area contributed by atoms with Gasteiger partial charge in [0.15, 0.2) is 5.58 Å². The van der Waals surface area contributed by atoms with Crippen molar-refractivity contribution in [2.24, 2.45) is 5.73 Å². The van der Waals surface area contributed by atoms with Crippen LogP contribution in [-0.2, 0) is 11.3 Å². The van der Waals surface area contributed by atoms with Crippen molar-refractivity contribution in [3.05, 3.63) is 28.7 Å². The first-order valence-corrected chi connectivity index (χ1v) is 7.29. The summed E-state index contributed by atoms with van der Waals surface area (Å²) in [6.07, 6.45) is 1.03. The van der Waals surface area contributed by atoms with E-state index in [2.05, 4.69) is 5.32 Å². The molecule has 0 saturated carbocycles. The van der Waals surface area contributed by atoms with E-state index in [4.69, 9.17) is 10.2 Å². The molecule has 7 heteroatoms. The first-order valence-electron chi connectivity index (χ1n) is 7.29. The molecule has 22 heavy (non-hydrogen) atoms. The van der Waals surface area contributed by atoms with Crippen molar-refractivity contribution in [2.45, 2.75) is 19.4 Å². The molecule has 0 aliphatic carbocycles. The Balaban J connectivity index is 2.22. The van der Waals surface area contributed by atoms with Gasteiger partial charge in [-0.3, -0.25) is 9.36 Å². The molecule has 3 N–H and O–H groups in total. The number of nitrogens with one attached hydrogen (secondary N) is 1. The molecule has 7 nitrogen and oxygen atoms in total. The van der Waals surface area contributed by atoms with Crippen LogP contribution in [-0.4, -0.2) is 42.6 Å². The molecule has 2 aromatic rings. The summed E-state index contributed by atoms with van der Waals surface area (Å²) < 4.78 is 6.79. The third kappa shape index (κ3) is 3.96.